The fraction of sp³-hybridized carbons (Fsp3) is 0.556. The van der Waals surface area contributed by atoms with Crippen molar-refractivity contribution in [2.24, 2.45) is 0 Å². The maximum absolute atomic E-state index is 8.70. The van der Waals surface area contributed by atoms with Crippen molar-refractivity contribution in [3.63, 3.8) is 0 Å². The molecule has 7 heteroatoms. The Morgan fingerprint density at radius 3 is 2.88 bits per heavy atom. The minimum absolute atomic E-state index is 0.0572. The second-order valence-corrected chi connectivity index (χ2v) is 4.30. The molecule has 1 rings (SSSR count). The Bertz CT molecular complexity index is 377. The maximum atomic E-state index is 8.70. The van der Waals surface area contributed by atoms with Gasteiger partial charge in [-0.25, -0.2) is 4.98 Å². The van der Waals surface area contributed by atoms with Gasteiger partial charge in [-0.2, -0.15) is 5.26 Å². The molecule has 0 aliphatic heterocycles. The zero-order chi connectivity index (χ0) is 12.0. The van der Waals surface area contributed by atoms with E-state index in [9.17, 15) is 0 Å². The first-order valence-corrected chi connectivity index (χ1v) is 5.72. The van der Waals surface area contributed by atoms with Crippen molar-refractivity contribution in [2.75, 3.05) is 32.7 Å². The lowest BCUT2D eigenvalue weighted by molar-refractivity contribution is 0.0365. The fourth-order valence-corrected chi connectivity index (χ4v) is 2.00. The van der Waals surface area contributed by atoms with Crippen LogP contribution in [0.5, 0.6) is 0 Å². The number of ether oxygens (including phenoxy) is 2. The minimum atomic E-state index is -0.0572. The van der Waals surface area contributed by atoms with Crippen LogP contribution in [0.3, 0.4) is 0 Å². The first kappa shape index (κ1) is 13.2. The highest BCUT2D eigenvalue weighted by molar-refractivity contribution is 7.16. The molecule has 0 aromatic carbocycles. The summed E-state index contributed by atoms with van der Waals surface area (Å²) in [6, 6.07) is 1.97. The van der Waals surface area contributed by atoms with Crippen LogP contribution in [0.15, 0.2) is 0 Å². The third-order valence-electron chi connectivity index (χ3n) is 1.85. The number of anilines is 1. The van der Waals surface area contributed by atoms with Crippen molar-refractivity contribution in [2.45, 2.75) is 6.10 Å². The average molecular weight is 262 g/mol. The summed E-state index contributed by atoms with van der Waals surface area (Å²) in [6.45, 7) is 1.05. The largest absolute Gasteiger partial charge is 0.382 e. The second-order valence-electron chi connectivity index (χ2n) is 2.94. The summed E-state index contributed by atoms with van der Waals surface area (Å²) < 4.78 is 10.1. The number of nitrogens with zero attached hydrogens (tertiary/aromatic N) is 2. The topological polar surface area (TPSA) is 67.2 Å². The fourth-order valence-electron chi connectivity index (χ4n) is 1.04. The standard InChI is InChI=1S/C9H12ClN3O2S/c1-14-5-6(15-2)4-12-9-13-8(10)7(3-11)16-9/h6H,4-5H2,1-2H3,(H,12,13). The summed E-state index contributed by atoms with van der Waals surface area (Å²) in [4.78, 5) is 4.41. The third kappa shape index (κ3) is 3.61. The number of hydrogen-bond acceptors (Lipinski definition) is 6. The van der Waals surface area contributed by atoms with Gasteiger partial charge in [0, 0.05) is 20.8 Å². The number of aromatic nitrogens is 1. The number of nitriles is 1. The van der Waals surface area contributed by atoms with Crippen molar-refractivity contribution in [1.29, 1.82) is 5.26 Å². The van der Waals surface area contributed by atoms with E-state index >= 15 is 0 Å². The number of nitrogens with one attached hydrogen (secondary N) is 1. The summed E-state index contributed by atoms with van der Waals surface area (Å²) in [5, 5.41) is 12.6. The lowest BCUT2D eigenvalue weighted by Crippen LogP contribution is -2.26. The van der Waals surface area contributed by atoms with Crippen molar-refractivity contribution in [3.05, 3.63) is 10.0 Å². The molecule has 0 amide bonds. The van der Waals surface area contributed by atoms with Crippen molar-refractivity contribution < 1.29 is 9.47 Å². The molecule has 88 valence electrons. The Morgan fingerprint density at radius 1 is 1.62 bits per heavy atom. The molecule has 1 aromatic rings. The quantitative estimate of drug-likeness (QED) is 0.845. The zero-order valence-corrected chi connectivity index (χ0v) is 10.6. The van der Waals surface area contributed by atoms with Gasteiger partial charge in [-0.05, 0) is 0 Å². The first-order chi connectivity index (χ1) is 7.71. The van der Waals surface area contributed by atoms with Crippen LogP contribution in [-0.2, 0) is 9.47 Å². The monoisotopic (exact) mass is 261 g/mol. The molecule has 1 heterocycles. The molecule has 0 aliphatic rings. The van der Waals surface area contributed by atoms with E-state index in [1.165, 1.54) is 11.3 Å². The number of halogens is 1. The van der Waals surface area contributed by atoms with Crippen molar-refractivity contribution in [1.82, 2.24) is 4.98 Å². The molecule has 0 fully saturated rings. The highest BCUT2D eigenvalue weighted by Crippen LogP contribution is 2.25. The van der Waals surface area contributed by atoms with Gasteiger partial charge in [0.25, 0.3) is 0 Å². The molecule has 1 unspecified atom stereocenters. The van der Waals surface area contributed by atoms with E-state index in [2.05, 4.69) is 10.3 Å². The average Bonchev–Trinajstić information content (AvgIpc) is 2.65. The zero-order valence-electron chi connectivity index (χ0n) is 8.99. The normalized spacial score (nSPS) is 12.1. The van der Waals surface area contributed by atoms with Crippen LogP contribution in [0, 0.1) is 11.3 Å². The van der Waals surface area contributed by atoms with Crippen LogP contribution in [0.4, 0.5) is 5.13 Å². The van der Waals surface area contributed by atoms with Crippen LogP contribution < -0.4 is 5.32 Å². The van der Waals surface area contributed by atoms with E-state index in [-0.39, 0.29) is 11.3 Å². The van der Waals surface area contributed by atoms with Crippen LogP contribution in [0.1, 0.15) is 4.88 Å². The molecule has 1 N–H and O–H groups in total. The van der Waals surface area contributed by atoms with E-state index < -0.39 is 0 Å². The summed E-state index contributed by atoms with van der Waals surface area (Å²) >= 11 is 6.95. The predicted molar refractivity (Wildman–Crippen MR) is 63.0 cm³/mol. The van der Waals surface area contributed by atoms with E-state index in [0.29, 0.717) is 23.2 Å². The molecule has 1 aromatic heterocycles. The molecule has 0 radical (unpaired) electrons. The van der Waals surface area contributed by atoms with Gasteiger partial charge in [-0.3, -0.25) is 0 Å². The number of methoxy groups -OCH3 is 2. The number of rotatable bonds is 6. The van der Waals surface area contributed by atoms with Crippen LogP contribution >= 0.6 is 22.9 Å². The Hall–Kier alpha value is -0.870. The highest BCUT2D eigenvalue weighted by atomic mass is 35.5. The van der Waals surface area contributed by atoms with Gasteiger partial charge in [0.05, 0.1) is 12.7 Å². The summed E-state index contributed by atoms with van der Waals surface area (Å²) in [6.07, 6.45) is -0.0572. The van der Waals surface area contributed by atoms with Gasteiger partial charge in [-0.15, -0.1) is 0 Å². The number of thiazole rings is 1. The molecule has 1 atom stereocenters. The summed E-state index contributed by atoms with van der Waals surface area (Å²) in [5.74, 6) is 0. The predicted octanol–water partition coefficient (Wildman–Crippen LogP) is 1.74. The molecular formula is C9H12ClN3O2S. The van der Waals surface area contributed by atoms with Crippen molar-refractivity contribution in [3.8, 4) is 6.07 Å². The maximum Gasteiger partial charge on any atom is 0.185 e. The van der Waals surface area contributed by atoms with Crippen LogP contribution in [0.25, 0.3) is 0 Å². The summed E-state index contributed by atoms with van der Waals surface area (Å²) in [5.41, 5.74) is 0. The lowest BCUT2D eigenvalue weighted by Gasteiger charge is -2.14. The Balaban J connectivity index is 2.50. The van der Waals surface area contributed by atoms with Gasteiger partial charge in [0.1, 0.15) is 10.9 Å². The van der Waals surface area contributed by atoms with Gasteiger partial charge in [0.15, 0.2) is 10.3 Å². The van der Waals surface area contributed by atoms with E-state index in [1.54, 1.807) is 14.2 Å². The molecular weight excluding hydrogens is 250 g/mol. The smallest absolute Gasteiger partial charge is 0.185 e. The molecule has 0 aliphatic carbocycles. The van der Waals surface area contributed by atoms with E-state index in [4.69, 9.17) is 26.3 Å². The molecule has 0 bridgehead atoms. The molecule has 16 heavy (non-hydrogen) atoms. The number of hydrogen-bond donors (Lipinski definition) is 1. The van der Waals surface area contributed by atoms with Gasteiger partial charge >= 0.3 is 0 Å². The minimum Gasteiger partial charge on any atom is -0.382 e. The second kappa shape index (κ2) is 6.66. The molecule has 0 spiro atoms. The van der Waals surface area contributed by atoms with Gasteiger partial charge in [-0.1, -0.05) is 22.9 Å². The molecule has 0 saturated carbocycles. The molecule has 0 saturated heterocycles. The Kier molecular flexibility index (Phi) is 5.49. The SMILES string of the molecule is COCC(CNc1nc(Cl)c(C#N)s1)OC. The highest BCUT2D eigenvalue weighted by Gasteiger charge is 2.11. The first-order valence-electron chi connectivity index (χ1n) is 4.53. The van der Waals surface area contributed by atoms with Gasteiger partial charge in [0.2, 0.25) is 0 Å². The van der Waals surface area contributed by atoms with Crippen LogP contribution in [-0.4, -0.2) is 38.5 Å². The lowest BCUT2D eigenvalue weighted by atomic mass is 10.4. The van der Waals surface area contributed by atoms with E-state index in [0.717, 1.165) is 0 Å². The Labute approximate surface area is 103 Å². The van der Waals surface area contributed by atoms with Crippen molar-refractivity contribution >= 4 is 28.1 Å². The summed E-state index contributed by atoms with van der Waals surface area (Å²) in [7, 11) is 3.22. The molecule has 5 nitrogen and oxygen atoms in total. The van der Waals surface area contributed by atoms with Gasteiger partial charge < -0.3 is 14.8 Å². The Morgan fingerprint density at radius 2 is 2.38 bits per heavy atom. The third-order valence-corrected chi connectivity index (χ3v) is 3.16. The van der Waals surface area contributed by atoms with E-state index in [1.807, 2.05) is 6.07 Å². The van der Waals surface area contributed by atoms with Crippen LogP contribution in [0.2, 0.25) is 5.15 Å².